The Morgan fingerprint density at radius 3 is 2.48 bits per heavy atom. The molecular weight excluding hydrogens is 290 g/mol. The van der Waals surface area contributed by atoms with Crippen molar-refractivity contribution in [2.24, 2.45) is 0 Å². The van der Waals surface area contributed by atoms with Crippen molar-refractivity contribution >= 4 is 5.69 Å². The number of nitrogens with one attached hydrogen (secondary N) is 1. The van der Waals surface area contributed by atoms with Crippen LogP contribution in [0.1, 0.15) is 12.0 Å². The van der Waals surface area contributed by atoms with Crippen LogP contribution in [0, 0.1) is 0 Å². The van der Waals surface area contributed by atoms with Crippen molar-refractivity contribution in [3.63, 3.8) is 0 Å². The minimum atomic E-state index is 0.486. The van der Waals surface area contributed by atoms with Crippen LogP contribution in [0.15, 0.2) is 42.7 Å². The topological polar surface area (TPSA) is 46.6 Å². The molecule has 0 radical (unpaired) electrons. The third kappa shape index (κ3) is 3.93. The predicted molar refractivity (Wildman–Crippen MR) is 91.2 cm³/mol. The Balaban J connectivity index is 1.61. The van der Waals surface area contributed by atoms with Crippen molar-refractivity contribution in [3.8, 4) is 11.5 Å². The van der Waals surface area contributed by atoms with Gasteiger partial charge in [-0.25, -0.2) is 0 Å². The lowest BCUT2D eigenvalue weighted by atomic mass is 10.2. The summed E-state index contributed by atoms with van der Waals surface area (Å²) in [6.45, 7) is 2.90. The van der Waals surface area contributed by atoms with Gasteiger partial charge in [-0.3, -0.25) is 4.98 Å². The maximum absolute atomic E-state index is 5.36. The molecule has 0 spiro atoms. The monoisotopic (exact) mass is 313 g/mol. The fourth-order valence-electron chi connectivity index (χ4n) is 2.90. The van der Waals surface area contributed by atoms with Gasteiger partial charge >= 0.3 is 0 Å². The highest BCUT2D eigenvalue weighted by molar-refractivity contribution is 5.56. The Labute approximate surface area is 137 Å². The minimum Gasteiger partial charge on any atom is -0.497 e. The zero-order valence-electron chi connectivity index (χ0n) is 13.7. The first kappa shape index (κ1) is 15.6. The van der Waals surface area contributed by atoms with E-state index in [2.05, 4.69) is 27.3 Å². The lowest BCUT2D eigenvalue weighted by Gasteiger charge is -2.20. The van der Waals surface area contributed by atoms with Gasteiger partial charge in [0.15, 0.2) is 0 Å². The van der Waals surface area contributed by atoms with E-state index >= 15 is 0 Å². The van der Waals surface area contributed by atoms with Crippen LogP contribution < -0.4 is 19.7 Å². The SMILES string of the molecule is COc1cc(OC)cc(N2CC[C@H](NCc3ccncc3)C2)c1. The van der Waals surface area contributed by atoms with Crippen LogP contribution in [0.4, 0.5) is 5.69 Å². The molecule has 122 valence electrons. The second-order valence-electron chi connectivity index (χ2n) is 5.74. The number of methoxy groups -OCH3 is 2. The largest absolute Gasteiger partial charge is 0.497 e. The molecule has 5 heteroatoms. The smallest absolute Gasteiger partial charge is 0.124 e. The second kappa shape index (κ2) is 7.33. The van der Waals surface area contributed by atoms with Crippen molar-refractivity contribution in [1.29, 1.82) is 0 Å². The maximum Gasteiger partial charge on any atom is 0.124 e. The first-order chi connectivity index (χ1) is 11.3. The first-order valence-electron chi connectivity index (χ1n) is 7.89. The molecule has 23 heavy (non-hydrogen) atoms. The normalized spacial score (nSPS) is 17.3. The summed E-state index contributed by atoms with van der Waals surface area (Å²) in [6.07, 6.45) is 4.80. The van der Waals surface area contributed by atoms with E-state index in [0.717, 1.165) is 43.2 Å². The lowest BCUT2D eigenvalue weighted by Crippen LogP contribution is -2.32. The van der Waals surface area contributed by atoms with Crippen LogP contribution in [0.2, 0.25) is 0 Å². The van der Waals surface area contributed by atoms with Gasteiger partial charge in [0.1, 0.15) is 11.5 Å². The fourth-order valence-corrected chi connectivity index (χ4v) is 2.90. The number of hydrogen-bond acceptors (Lipinski definition) is 5. The van der Waals surface area contributed by atoms with E-state index < -0.39 is 0 Å². The summed E-state index contributed by atoms with van der Waals surface area (Å²) in [5.74, 6) is 1.65. The van der Waals surface area contributed by atoms with Gasteiger partial charge in [0.2, 0.25) is 0 Å². The molecule has 1 aromatic carbocycles. The van der Waals surface area contributed by atoms with E-state index in [-0.39, 0.29) is 0 Å². The molecule has 0 unspecified atom stereocenters. The Bertz CT molecular complexity index is 611. The van der Waals surface area contributed by atoms with Gasteiger partial charge in [-0.15, -0.1) is 0 Å². The summed E-state index contributed by atoms with van der Waals surface area (Å²) >= 11 is 0. The molecule has 1 atom stereocenters. The van der Waals surface area contributed by atoms with Crippen molar-refractivity contribution in [2.75, 3.05) is 32.2 Å². The first-order valence-corrected chi connectivity index (χ1v) is 7.89. The zero-order valence-corrected chi connectivity index (χ0v) is 13.7. The molecule has 1 aliphatic rings. The van der Waals surface area contributed by atoms with E-state index in [9.17, 15) is 0 Å². The number of rotatable bonds is 6. The third-order valence-corrected chi connectivity index (χ3v) is 4.23. The molecule has 1 N–H and O–H groups in total. The zero-order chi connectivity index (χ0) is 16.1. The molecule has 1 aliphatic heterocycles. The Morgan fingerprint density at radius 1 is 1.13 bits per heavy atom. The standard InChI is InChI=1S/C18H23N3O2/c1-22-17-9-16(10-18(11-17)23-2)21-8-5-15(13-21)20-12-14-3-6-19-7-4-14/h3-4,6-7,9-11,15,20H,5,8,12-13H2,1-2H3/t15-/m0/s1. The van der Waals surface area contributed by atoms with Crippen LogP contribution in [0.25, 0.3) is 0 Å². The summed E-state index contributed by atoms with van der Waals surface area (Å²) in [5.41, 5.74) is 2.41. The van der Waals surface area contributed by atoms with Gasteiger partial charge in [-0.2, -0.15) is 0 Å². The third-order valence-electron chi connectivity index (χ3n) is 4.23. The highest BCUT2D eigenvalue weighted by Crippen LogP contribution is 2.30. The molecule has 3 rings (SSSR count). The average Bonchev–Trinajstić information content (AvgIpc) is 3.09. The van der Waals surface area contributed by atoms with Crippen molar-refractivity contribution in [3.05, 3.63) is 48.3 Å². The summed E-state index contributed by atoms with van der Waals surface area (Å²) < 4.78 is 10.7. The minimum absolute atomic E-state index is 0.486. The number of pyridine rings is 1. The van der Waals surface area contributed by atoms with E-state index in [1.54, 1.807) is 14.2 Å². The highest BCUT2D eigenvalue weighted by Gasteiger charge is 2.23. The summed E-state index contributed by atoms with van der Waals surface area (Å²) in [6, 6.07) is 10.6. The lowest BCUT2D eigenvalue weighted by molar-refractivity contribution is 0.394. The van der Waals surface area contributed by atoms with Gasteiger partial charge in [0.25, 0.3) is 0 Å². The Morgan fingerprint density at radius 2 is 1.83 bits per heavy atom. The number of hydrogen-bond donors (Lipinski definition) is 1. The average molecular weight is 313 g/mol. The van der Waals surface area contributed by atoms with Crippen molar-refractivity contribution in [1.82, 2.24) is 10.3 Å². The number of benzene rings is 1. The summed E-state index contributed by atoms with van der Waals surface area (Å²) in [5, 5.41) is 3.62. The fraction of sp³-hybridized carbons (Fsp3) is 0.389. The van der Waals surface area contributed by atoms with E-state index in [1.165, 1.54) is 5.56 Å². The number of nitrogens with zero attached hydrogens (tertiary/aromatic N) is 2. The number of aromatic nitrogens is 1. The molecular formula is C18H23N3O2. The van der Waals surface area contributed by atoms with Gasteiger partial charge in [-0.05, 0) is 24.1 Å². The van der Waals surface area contributed by atoms with Crippen LogP contribution in [0.3, 0.4) is 0 Å². The van der Waals surface area contributed by atoms with Crippen LogP contribution in [0.5, 0.6) is 11.5 Å². The van der Waals surface area contributed by atoms with Crippen molar-refractivity contribution < 1.29 is 9.47 Å². The second-order valence-corrected chi connectivity index (χ2v) is 5.74. The van der Waals surface area contributed by atoms with Gasteiger partial charge in [0, 0.05) is 62.0 Å². The Hall–Kier alpha value is -2.27. The van der Waals surface area contributed by atoms with Crippen molar-refractivity contribution in [2.45, 2.75) is 19.0 Å². The molecule has 0 saturated carbocycles. The molecule has 2 heterocycles. The molecule has 0 aliphatic carbocycles. The predicted octanol–water partition coefficient (Wildman–Crippen LogP) is 2.47. The number of anilines is 1. The summed E-state index contributed by atoms with van der Waals surface area (Å²) in [7, 11) is 3.36. The van der Waals surface area contributed by atoms with Crippen LogP contribution in [-0.4, -0.2) is 38.3 Å². The molecule has 1 aromatic heterocycles. The van der Waals surface area contributed by atoms with Gasteiger partial charge in [0.05, 0.1) is 14.2 Å². The molecule has 1 fully saturated rings. The number of ether oxygens (including phenoxy) is 2. The van der Waals surface area contributed by atoms with Crippen LogP contribution in [-0.2, 0) is 6.54 Å². The van der Waals surface area contributed by atoms with E-state index in [0.29, 0.717) is 6.04 Å². The van der Waals surface area contributed by atoms with E-state index in [4.69, 9.17) is 9.47 Å². The van der Waals surface area contributed by atoms with Crippen LogP contribution >= 0.6 is 0 Å². The molecule has 5 nitrogen and oxygen atoms in total. The Kier molecular flexibility index (Phi) is 4.98. The summed E-state index contributed by atoms with van der Waals surface area (Å²) in [4.78, 5) is 6.42. The quantitative estimate of drug-likeness (QED) is 0.888. The van der Waals surface area contributed by atoms with Gasteiger partial charge in [-0.1, -0.05) is 0 Å². The van der Waals surface area contributed by atoms with Gasteiger partial charge < -0.3 is 19.7 Å². The molecule has 1 saturated heterocycles. The molecule has 0 bridgehead atoms. The maximum atomic E-state index is 5.36. The van der Waals surface area contributed by atoms with E-state index in [1.807, 2.05) is 30.6 Å². The molecule has 2 aromatic rings. The molecule has 0 amide bonds. The highest BCUT2D eigenvalue weighted by atomic mass is 16.5.